The molecule has 2 aromatic heterocycles. The van der Waals surface area contributed by atoms with Gasteiger partial charge in [-0.25, -0.2) is 0 Å². The van der Waals surface area contributed by atoms with E-state index in [1.807, 2.05) is 19.2 Å². The quantitative estimate of drug-likeness (QED) is 0.898. The van der Waals surface area contributed by atoms with Crippen LogP contribution < -0.4 is 10.6 Å². The molecule has 18 heavy (non-hydrogen) atoms. The van der Waals surface area contributed by atoms with E-state index in [-0.39, 0.29) is 6.04 Å². The zero-order chi connectivity index (χ0) is 13.0. The summed E-state index contributed by atoms with van der Waals surface area (Å²) in [5, 5.41) is 2.11. The summed E-state index contributed by atoms with van der Waals surface area (Å²) in [6, 6.07) is 8.36. The van der Waals surface area contributed by atoms with Crippen LogP contribution in [-0.2, 0) is 6.54 Å². The normalized spacial score (nSPS) is 12.4. The highest BCUT2D eigenvalue weighted by molar-refractivity contribution is 7.09. The van der Waals surface area contributed by atoms with Gasteiger partial charge in [0.2, 0.25) is 0 Å². The first-order chi connectivity index (χ1) is 8.70. The Hall–Kier alpha value is -1.39. The smallest absolute Gasteiger partial charge is 0.0569 e. The van der Waals surface area contributed by atoms with Gasteiger partial charge in [0.05, 0.1) is 24.1 Å². The second-order valence-corrected chi connectivity index (χ2v) is 5.36. The van der Waals surface area contributed by atoms with E-state index in [0.29, 0.717) is 0 Å². The molecule has 0 unspecified atom stereocenters. The van der Waals surface area contributed by atoms with E-state index in [1.54, 1.807) is 11.3 Å². The lowest BCUT2D eigenvalue weighted by Gasteiger charge is -2.22. The second-order valence-electron chi connectivity index (χ2n) is 4.32. The van der Waals surface area contributed by atoms with Crippen molar-refractivity contribution in [2.45, 2.75) is 26.4 Å². The third-order valence-electron chi connectivity index (χ3n) is 2.91. The predicted octanol–water partition coefficient (Wildman–Crippen LogP) is 3.19. The third-order valence-corrected chi connectivity index (χ3v) is 3.77. The maximum absolute atomic E-state index is 5.81. The van der Waals surface area contributed by atoms with Gasteiger partial charge in [-0.15, -0.1) is 11.3 Å². The highest BCUT2D eigenvalue weighted by Gasteiger charge is 2.07. The molecule has 1 atom stereocenters. The van der Waals surface area contributed by atoms with E-state index >= 15 is 0 Å². The van der Waals surface area contributed by atoms with Crippen LogP contribution in [0, 0.1) is 0 Å². The molecule has 0 fully saturated rings. The van der Waals surface area contributed by atoms with Crippen molar-refractivity contribution in [1.29, 1.82) is 0 Å². The van der Waals surface area contributed by atoms with Crippen molar-refractivity contribution in [3.63, 3.8) is 0 Å². The molecule has 0 bridgehead atoms. The standard InChI is InChI=1S/C14H19N3S/c1-3-17(10-13-5-4-8-18-13)12-6-7-14(11(2)15)16-9-12/h4-9,11H,3,10,15H2,1-2H3/t11-/m1/s1. The fourth-order valence-corrected chi connectivity index (χ4v) is 2.55. The summed E-state index contributed by atoms with van der Waals surface area (Å²) >= 11 is 1.79. The molecule has 2 N–H and O–H groups in total. The molecular formula is C14H19N3S. The van der Waals surface area contributed by atoms with Crippen LogP contribution in [-0.4, -0.2) is 11.5 Å². The molecule has 4 heteroatoms. The third kappa shape index (κ3) is 3.09. The molecule has 0 aromatic carbocycles. The molecule has 0 radical (unpaired) electrons. The number of hydrogen-bond donors (Lipinski definition) is 1. The zero-order valence-corrected chi connectivity index (χ0v) is 11.7. The Morgan fingerprint density at radius 2 is 2.22 bits per heavy atom. The van der Waals surface area contributed by atoms with Crippen LogP contribution in [0.4, 0.5) is 5.69 Å². The van der Waals surface area contributed by atoms with Crippen molar-refractivity contribution in [3.05, 3.63) is 46.4 Å². The largest absolute Gasteiger partial charge is 0.365 e. The minimum atomic E-state index is -0.00794. The van der Waals surface area contributed by atoms with Crippen molar-refractivity contribution in [1.82, 2.24) is 4.98 Å². The number of nitrogens with zero attached hydrogens (tertiary/aromatic N) is 2. The Kier molecular flexibility index (Phi) is 4.33. The summed E-state index contributed by atoms with van der Waals surface area (Å²) in [6.07, 6.45) is 1.91. The van der Waals surface area contributed by atoms with E-state index in [0.717, 1.165) is 24.5 Å². The molecule has 0 aliphatic heterocycles. The van der Waals surface area contributed by atoms with Gasteiger partial charge >= 0.3 is 0 Å². The monoisotopic (exact) mass is 261 g/mol. The number of hydrogen-bond acceptors (Lipinski definition) is 4. The van der Waals surface area contributed by atoms with Gasteiger partial charge in [0.15, 0.2) is 0 Å². The lowest BCUT2D eigenvalue weighted by molar-refractivity contribution is 0.775. The number of pyridine rings is 1. The van der Waals surface area contributed by atoms with Gasteiger partial charge in [-0.2, -0.15) is 0 Å². The zero-order valence-electron chi connectivity index (χ0n) is 10.8. The molecule has 0 aliphatic rings. The lowest BCUT2D eigenvalue weighted by atomic mass is 10.2. The molecule has 0 saturated carbocycles. The van der Waals surface area contributed by atoms with E-state index in [9.17, 15) is 0 Å². The molecule has 0 saturated heterocycles. The van der Waals surface area contributed by atoms with Gasteiger partial charge in [0.1, 0.15) is 0 Å². The summed E-state index contributed by atoms with van der Waals surface area (Å²) in [5.74, 6) is 0. The highest BCUT2D eigenvalue weighted by atomic mass is 32.1. The molecule has 2 heterocycles. The Labute approximate surface area is 112 Å². The van der Waals surface area contributed by atoms with Gasteiger partial charge in [0.25, 0.3) is 0 Å². The maximum atomic E-state index is 5.81. The van der Waals surface area contributed by atoms with Crippen LogP contribution >= 0.6 is 11.3 Å². The second kappa shape index (κ2) is 5.98. The summed E-state index contributed by atoms with van der Waals surface area (Å²) in [4.78, 5) is 8.09. The van der Waals surface area contributed by atoms with E-state index in [2.05, 4.69) is 40.4 Å². The topological polar surface area (TPSA) is 42.1 Å². The molecule has 0 aliphatic carbocycles. The molecule has 2 aromatic rings. The molecular weight excluding hydrogens is 242 g/mol. The average Bonchev–Trinajstić information content (AvgIpc) is 2.89. The van der Waals surface area contributed by atoms with Gasteiger partial charge < -0.3 is 10.6 Å². The Bertz CT molecular complexity index is 462. The molecule has 96 valence electrons. The number of aromatic nitrogens is 1. The average molecular weight is 261 g/mol. The first kappa shape index (κ1) is 13.1. The summed E-state index contributed by atoms with van der Waals surface area (Å²) < 4.78 is 0. The minimum Gasteiger partial charge on any atom is -0.365 e. The van der Waals surface area contributed by atoms with Crippen molar-refractivity contribution >= 4 is 17.0 Å². The summed E-state index contributed by atoms with van der Waals surface area (Å²) in [5.41, 5.74) is 7.89. The Balaban J connectivity index is 2.12. The van der Waals surface area contributed by atoms with Crippen LogP contribution in [0.25, 0.3) is 0 Å². The van der Waals surface area contributed by atoms with Crippen molar-refractivity contribution in [2.24, 2.45) is 5.73 Å². The fraction of sp³-hybridized carbons (Fsp3) is 0.357. The highest BCUT2D eigenvalue weighted by Crippen LogP contribution is 2.19. The van der Waals surface area contributed by atoms with Crippen LogP contribution in [0.15, 0.2) is 35.8 Å². The van der Waals surface area contributed by atoms with Gasteiger partial charge in [-0.3, -0.25) is 4.98 Å². The van der Waals surface area contributed by atoms with Crippen LogP contribution in [0.2, 0.25) is 0 Å². The Morgan fingerprint density at radius 1 is 1.39 bits per heavy atom. The summed E-state index contributed by atoms with van der Waals surface area (Å²) in [7, 11) is 0. The fourth-order valence-electron chi connectivity index (χ4n) is 1.83. The predicted molar refractivity (Wildman–Crippen MR) is 77.9 cm³/mol. The SMILES string of the molecule is CCN(Cc1cccs1)c1ccc([C@@H](C)N)nc1. The van der Waals surface area contributed by atoms with Crippen LogP contribution in [0.3, 0.4) is 0 Å². The van der Waals surface area contributed by atoms with Gasteiger partial charge in [0, 0.05) is 17.5 Å². The van der Waals surface area contributed by atoms with E-state index in [1.165, 1.54) is 4.88 Å². The van der Waals surface area contributed by atoms with Crippen LogP contribution in [0.5, 0.6) is 0 Å². The molecule has 3 nitrogen and oxygen atoms in total. The Morgan fingerprint density at radius 3 is 2.72 bits per heavy atom. The van der Waals surface area contributed by atoms with E-state index in [4.69, 9.17) is 5.73 Å². The van der Waals surface area contributed by atoms with Gasteiger partial charge in [-0.05, 0) is 37.4 Å². The number of anilines is 1. The molecule has 0 amide bonds. The number of thiophene rings is 1. The minimum absolute atomic E-state index is 0.00794. The lowest BCUT2D eigenvalue weighted by Crippen LogP contribution is -2.21. The maximum Gasteiger partial charge on any atom is 0.0569 e. The molecule has 0 spiro atoms. The first-order valence-electron chi connectivity index (χ1n) is 6.19. The first-order valence-corrected chi connectivity index (χ1v) is 7.07. The van der Waals surface area contributed by atoms with E-state index < -0.39 is 0 Å². The number of rotatable bonds is 5. The van der Waals surface area contributed by atoms with Crippen LogP contribution in [0.1, 0.15) is 30.5 Å². The number of nitrogens with two attached hydrogens (primary N) is 1. The van der Waals surface area contributed by atoms with Crippen molar-refractivity contribution < 1.29 is 0 Å². The van der Waals surface area contributed by atoms with Crippen molar-refractivity contribution in [3.8, 4) is 0 Å². The summed E-state index contributed by atoms with van der Waals surface area (Å²) in [6.45, 7) is 6.02. The van der Waals surface area contributed by atoms with Crippen molar-refractivity contribution in [2.75, 3.05) is 11.4 Å². The molecule has 2 rings (SSSR count). The van der Waals surface area contributed by atoms with Gasteiger partial charge in [-0.1, -0.05) is 6.07 Å².